The lowest BCUT2D eigenvalue weighted by Crippen LogP contribution is -2.06. The molecule has 0 radical (unpaired) electrons. The van der Waals surface area contributed by atoms with Crippen LogP contribution in [0.5, 0.6) is 23.0 Å². The lowest BCUT2D eigenvalue weighted by Gasteiger charge is -2.20. The van der Waals surface area contributed by atoms with Crippen LogP contribution in [0.3, 0.4) is 0 Å². The van der Waals surface area contributed by atoms with Crippen LogP contribution in [-0.2, 0) is 4.74 Å². The normalized spacial score (nSPS) is 15.4. The zero-order valence-electron chi connectivity index (χ0n) is 14.8. The molecule has 2 aromatic rings. The lowest BCUT2D eigenvalue weighted by molar-refractivity contribution is 0.0452. The molecule has 1 aliphatic heterocycles. The van der Waals surface area contributed by atoms with Crippen molar-refractivity contribution in [2.75, 3.05) is 28.4 Å². The van der Waals surface area contributed by atoms with E-state index in [-0.39, 0.29) is 0 Å². The highest BCUT2D eigenvalue weighted by molar-refractivity contribution is 5.97. The van der Waals surface area contributed by atoms with Gasteiger partial charge in [-0.2, -0.15) is 0 Å². The molecule has 0 spiro atoms. The molecular weight excluding hydrogens is 324 g/mol. The van der Waals surface area contributed by atoms with Crippen LogP contribution in [0.4, 0.5) is 0 Å². The molecular formula is C19H20O6. The first-order valence-corrected chi connectivity index (χ1v) is 7.74. The minimum Gasteiger partial charge on any atom is -0.496 e. The number of carbonyl (C=O) groups excluding carboxylic acids is 1. The molecule has 6 nitrogen and oxygen atoms in total. The summed E-state index contributed by atoms with van der Waals surface area (Å²) in [5.41, 5.74) is 2.76. The predicted molar refractivity (Wildman–Crippen MR) is 91.1 cm³/mol. The van der Waals surface area contributed by atoms with Crippen LogP contribution in [0.2, 0.25) is 0 Å². The molecule has 132 valence electrons. The Hall–Kier alpha value is -2.89. The number of esters is 1. The molecule has 0 aromatic heterocycles. The van der Waals surface area contributed by atoms with Crippen molar-refractivity contribution in [2.24, 2.45) is 0 Å². The first-order chi connectivity index (χ1) is 12.1. The van der Waals surface area contributed by atoms with E-state index in [9.17, 15) is 4.79 Å². The van der Waals surface area contributed by atoms with E-state index in [1.165, 1.54) is 21.3 Å². The fraction of sp³-hybridized carbons (Fsp3) is 0.316. The van der Waals surface area contributed by atoms with Gasteiger partial charge in [0.1, 0.15) is 5.75 Å². The largest absolute Gasteiger partial charge is 0.496 e. The van der Waals surface area contributed by atoms with Crippen molar-refractivity contribution >= 4 is 5.97 Å². The highest BCUT2D eigenvalue weighted by Crippen LogP contribution is 2.50. The Morgan fingerprint density at radius 2 is 1.60 bits per heavy atom. The third-order valence-electron chi connectivity index (χ3n) is 4.40. The maximum absolute atomic E-state index is 12.4. The van der Waals surface area contributed by atoms with E-state index < -0.39 is 12.1 Å². The summed E-state index contributed by atoms with van der Waals surface area (Å²) in [4.78, 5) is 12.4. The average molecular weight is 344 g/mol. The minimum atomic E-state index is -0.604. The molecule has 6 heteroatoms. The predicted octanol–water partition coefficient (Wildman–Crippen LogP) is 3.29. The molecule has 0 fully saturated rings. The standard InChI is InChI=1S/C19H20O6/c1-10-11(7-6-8-13(10)21-2)16-15-12(19(20)25-16)9-14(22-3)17(23-4)18(15)24-5/h6-9,16H,1-5H3. The van der Waals surface area contributed by atoms with Crippen molar-refractivity contribution in [3.8, 4) is 23.0 Å². The molecule has 1 heterocycles. The molecule has 0 bridgehead atoms. The van der Waals surface area contributed by atoms with E-state index in [4.69, 9.17) is 23.7 Å². The van der Waals surface area contributed by atoms with Gasteiger partial charge in [-0.25, -0.2) is 4.79 Å². The van der Waals surface area contributed by atoms with Crippen molar-refractivity contribution in [2.45, 2.75) is 13.0 Å². The Morgan fingerprint density at radius 3 is 2.20 bits per heavy atom. The zero-order chi connectivity index (χ0) is 18.1. The topological polar surface area (TPSA) is 63.2 Å². The third kappa shape index (κ3) is 2.54. The zero-order valence-corrected chi connectivity index (χ0v) is 14.8. The summed E-state index contributed by atoms with van der Waals surface area (Å²) in [6.45, 7) is 1.92. The summed E-state index contributed by atoms with van der Waals surface area (Å²) >= 11 is 0. The van der Waals surface area contributed by atoms with Crippen LogP contribution < -0.4 is 18.9 Å². The van der Waals surface area contributed by atoms with Gasteiger partial charge in [-0.05, 0) is 24.6 Å². The monoisotopic (exact) mass is 344 g/mol. The van der Waals surface area contributed by atoms with Gasteiger partial charge in [-0.1, -0.05) is 12.1 Å². The van der Waals surface area contributed by atoms with Gasteiger partial charge in [-0.3, -0.25) is 0 Å². The number of fused-ring (bicyclic) bond motifs is 1. The molecule has 0 N–H and O–H groups in total. The Morgan fingerprint density at radius 1 is 0.920 bits per heavy atom. The van der Waals surface area contributed by atoms with Crippen LogP contribution in [-0.4, -0.2) is 34.4 Å². The second kappa shape index (κ2) is 6.55. The molecule has 2 aromatic carbocycles. The Balaban J connectivity index is 2.26. The summed E-state index contributed by atoms with van der Waals surface area (Å²) < 4.78 is 27.3. The number of rotatable bonds is 5. The van der Waals surface area contributed by atoms with E-state index in [0.29, 0.717) is 28.4 Å². The van der Waals surface area contributed by atoms with E-state index in [1.54, 1.807) is 13.2 Å². The average Bonchev–Trinajstić information content (AvgIpc) is 2.96. The van der Waals surface area contributed by atoms with E-state index in [0.717, 1.165) is 16.9 Å². The Bertz CT molecular complexity index is 827. The number of ether oxygens (including phenoxy) is 5. The molecule has 0 aliphatic carbocycles. The van der Waals surface area contributed by atoms with Gasteiger partial charge >= 0.3 is 5.97 Å². The van der Waals surface area contributed by atoms with Crippen LogP contribution in [0, 0.1) is 6.92 Å². The molecule has 1 aliphatic rings. The second-order valence-corrected chi connectivity index (χ2v) is 5.57. The van der Waals surface area contributed by atoms with Gasteiger partial charge in [0.05, 0.1) is 39.6 Å². The van der Waals surface area contributed by atoms with E-state index in [1.807, 2.05) is 25.1 Å². The van der Waals surface area contributed by atoms with E-state index >= 15 is 0 Å². The first-order valence-electron chi connectivity index (χ1n) is 7.74. The summed E-state index contributed by atoms with van der Waals surface area (Å²) in [5.74, 6) is 1.56. The minimum absolute atomic E-state index is 0.404. The van der Waals surface area contributed by atoms with Gasteiger partial charge in [-0.15, -0.1) is 0 Å². The summed E-state index contributed by atoms with van der Waals surface area (Å²) in [5, 5.41) is 0. The molecule has 25 heavy (non-hydrogen) atoms. The molecule has 0 saturated heterocycles. The van der Waals surface area contributed by atoms with Gasteiger partial charge in [0.15, 0.2) is 17.6 Å². The molecule has 1 atom stereocenters. The van der Waals surface area contributed by atoms with Crippen molar-refractivity contribution in [1.82, 2.24) is 0 Å². The van der Waals surface area contributed by atoms with Crippen LogP contribution in [0.15, 0.2) is 24.3 Å². The van der Waals surface area contributed by atoms with Gasteiger partial charge < -0.3 is 23.7 Å². The summed E-state index contributed by atoms with van der Waals surface area (Å²) in [6, 6.07) is 7.25. The van der Waals surface area contributed by atoms with E-state index in [2.05, 4.69) is 0 Å². The third-order valence-corrected chi connectivity index (χ3v) is 4.40. The number of methoxy groups -OCH3 is 4. The number of carbonyl (C=O) groups is 1. The van der Waals surface area contributed by atoms with Crippen LogP contribution in [0.25, 0.3) is 0 Å². The van der Waals surface area contributed by atoms with Gasteiger partial charge in [0.25, 0.3) is 0 Å². The fourth-order valence-electron chi connectivity index (χ4n) is 3.19. The number of cyclic esters (lactones) is 1. The van der Waals surface area contributed by atoms with Gasteiger partial charge in [0.2, 0.25) is 5.75 Å². The summed E-state index contributed by atoms with van der Waals surface area (Å²) in [7, 11) is 6.16. The highest BCUT2D eigenvalue weighted by atomic mass is 16.6. The smallest absolute Gasteiger partial charge is 0.339 e. The summed E-state index contributed by atoms with van der Waals surface area (Å²) in [6.07, 6.45) is -0.604. The van der Waals surface area contributed by atoms with Crippen molar-refractivity contribution in [1.29, 1.82) is 0 Å². The fourth-order valence-corrected chi connectivity index (χ4v) is 3.19. The lowest BCUT2D eigenvalue weighted by atomic mass is 9.94. The first kappa shape index (κ1) is 17.0. The quantitative estimate of drug-likeness (QED) is 0.776. The van der Waals surface area contributed by atoms with Gasteiger partial charge in [0, 0.05) is 5.56 Å². The maximum atomic E-state index is 12.4. The number of benzene rings is 2. The molecule has 0 saturated carbocycles. The number of hydrogen-bond donors (Lipinski definition) is 0. The molecule has 0 amide bonds. The van der Waals surface area contributed by atoms with Crippen LogP contribution in [0.1, 0.15) is 33.2 Å². The second-order valence-electron chi connectivity index (χ2n) is 5.57. The van der Waals surface area contributed by atoms with Crippen LogP contribution >= 0.6 is 0 Å². The maximum Gasteiger partial charge on any atom is 0.339 e. The van der Waals surface area contributed by atoms with Crippen molar-refractivity contribution in [3.05, 3.63) is 46.5 Å². The Labute approximate surface area is 146 Å². The molecule has 3 rings (SSSR count). The molecule has 1 unspecified atom stereocenters. The Kier molecular flexibility index (Phi) is 4.44. The van der Waals surface area contributed by atoms with Crippen molar-refractivity contribution < 1.29 is 28.5 Å². The highest BCUT2D eigenvalue weighted by Gasteiger charge is 2.39. The number of hydrogen-bond acceptors (Lipinski definition) is 6. The SMILES string of the molecule is COc1cccc(C2OC(=O)c3cc(OC)c(OC)c(OC)c32)c1C. The van der Waals surface area contributed by atoms with Crippen molar-refractivity contribution in [3.63, 3.8) is 0 Å².